The average Bonchev–Trinajstić information content (AvgIpc) is 2.89. The summed E-state index contributed by atoms with van der Waals surface area (Å²) < 4.78 is 52.3. The predicted octanol–water partition coefficient (Wildman–Crippen LogP) is 2.88. The number of carbonyl (C=O) groups is 1. The Kier molecular flexibility index (Phi) is 3.97. The maximum Gasteiger partial charge on any atom is 0.405 e. The Balaban J connectivity index is 2.06. The molecule has 1 aromatic rings. The highest BCUT2D eigenvalue weighted by atomic mass is 19.2. The third kappa shape index (κ3) is 2.88. The van der Waals surface area contributed by atoms with Crippen molar-refractivity contribution in [1.82, 2.24) is 5.32 Å². The molecular formula is C15H16F3NO4. The van der Waals surface area contributed by atoms with Crippen LogP contribution in [0.15, 0.2) is 12.1 Å². The van der Waals surface area contributed by atoms with Gasteiger partial charge >= 0.3 is 6.09 Å². The largest absolute Gasteiger partial charge is 0.465 e. The van der Waals surface area contributed by atoms with Crippen molar-refractivity contribution < 1.29 is 32.5 Å². The number of amides is 1. The van der Waals surface area contributed by atoms with E-state index in [4.69, 9.17) is 14.6 Å². The highest BCUT2D eigenvalue weighted by Gasteiger charge is 2.51. The molecule has 1 aromatic carbocycles. The van der Waals surface area contributed by atoms with Crippen LogP contribution in [-0.2, 0) is 15.0 Å². The van der Waals surface area contributed by atoms with Crippen molar-refractivity contribution in [1.29, 1.82) is 0 Å². The van der Waals surface area contributed by atoms with E-state index in [0.29, 0.717) is 38.2 Å². The van der Waals surface area contributed by atoms with Crippen LogP contribution in [0.5, 0.6) is 0 Å². The normalized spacial score (nSPS) is 26.4. The third-order valence-corrected chi connectivity index (χ3v) is 4.42. The molecule has 1 heterocycles. The topological polar surface area (TPSA) is 67.8 Å². The van der Waals surface area contributed by atoms with Crippen LogP contribution in [0.1, 0.15) is 31.2 Å². The quantitative estimate of drug-likeness (QED) is 0.818. The van der Waals surface area contributed by atoms with E-state index in [0.717, 1.165) is 0 Å². The van der Waals surface area contributed by atoms with Crippen LogP contribution in [0.25, 0.3) is 0 Å². The molecular weight excluding hydrogens is 315 g/mol. The molecule has 1 saturated heterocycles. The van der Waals surface area contributed by atoms with Gasteiger partial charge < -0.3 is 19.9 Å². The van der Waals surface area contributed by atoms with Gasteiger partial charge in [-0.25, -0.2) is 18.0 Å². The van der Waals surface area contributed by atoms with Crippen LogP contribution >= 0.6 is 0 Å². The molecule has 2 N–H and O–H groups in total. The summed E-state index contributed by atoms with van der Waals surface area (Å²) in [5.74, 6) is -4.60. The average molecular weight is 331 g/mol. The van der Waals surface area contributed by atoms with Crippen molar-refractivity contribution in [3.05, 3.63) is 35.1 Å². The van der Waals surface area contributed by atoms with Crippen LogP contribution in [0, 0.1) is 17.5 Å². The molecule has 1 saturated carbocycles. The van der Waals surface area contributed by atoms with E-state index in [9.17, 15) is 18.0 Å². The molecule has 3 rings (SSSR count). The maximum atomic E-state index is 14.3. The van der Waals surface area contributed by atoms with E-state index in [1.807, 2.05) is 0 Å². The summed E-state index contributed by atoms with van der Waals surface area (Å²) in [4.78, 5) is 11.2. The lowest BCUT2D eigenvalue weighted by Crippen LogP contribution is -2.54. The van der Waals surface area contributed by atoms with Gasteiger partial charge in [-0.15, -0.1) is 0 Å². The minimum Gasteiger partial charge on any atom is -0.465 e. The summed E-state index contributed by atoms with van der Waals surface area (Å²) in [5.41, 5.74) is -1.68. The number of carboxylic acid groups (broad SMARTS) is 1. The van der Waals surface area contributed by atoms with Gasteiger partial charge in [0.05, 0.1) is 18.8 Å². The number of hydrogen-bond acceptors (Lipinski definition) is 3. The first-order chi connectivity index (χ1) is 10.9. The Labute approximate surface area is 130 Å². The molecule has 2 aliphatic rings. The summed E-state index contributed by atoms with van der Waals surface area (Å²) >= 11 is 0. The van der Waals surface area contributed by atoms with Crippen LogP contribution in [0.3, 0.4) is 0 Å². The van der Waals surface area contributed by atoms with E-state index in [2.05, 4.69) is 5.32 Å². The zero-order valence-electron chi connectivity index (χ0n) is 12.2. The standard InChI is InChI=1S/C15H16F3NO4/c16-10-7-12(18)11(17)6-9(10)14(19-13(20)21)2-1-3-15(8-14)22-4-5-23-15/h6-7,19H,1-5,8H2,(H,20,21)/t14-/m0/s1. The van der Waals surface area contributed by atoms with Gasteiger partial charge in [0.2, 0.25) is 0 Å². The summed E-state index contributed by atoms with van der Waals surface area (Å²) in [5, 5.41) is 11.4. The van der Waals surface area contributed by atoms with Crippen molar-refractivity contribution in [3.8, 4) is 0 Å². The van der Waals surface area contributed by atoms with Gasteiger partial charge in [-0.1, -0.05) is 0 Å². The van der Waals surface area contributed by atoms with Crippen molar-refractivity contribution >= 4 is 6.09 Å². The number of ether oxygens (including phenoxy) is 2. The molecule has 1 amide bonds. The number of hydrogen-bond donors (Lipinski definition) is 2. The molecule has 1 aliphatic heterocycles. The first-order valence-electron chi connectivity index (χ1n) is 7.30. The van der Waals surface area contributed by atoms with Gasteiger partial charge in [-0.05, 0) is 18.9 Å². The van der Waals surface area contributed by atoms with Gasteiger partial charge in [-0.3, -0.25) is 0 Å². The predicted molar refractivity (Wildman–Crippen MR) is 72.3 cm³/mol. The Morgan fingerprint density at radius 3 is 2.39 bits per heavy atom. The second-order valence-corrected chi connectivity index (χ2v) is 5.90. The summed E-state index contributed by atoms with van der Waals surface area (Å²) in [6, 6.07) is 1.13. The fraction of sp³-hybridized carbons (Fsp3) is 0.533. The molecule has 126 valence electrons. The first-order valence-corrected chi connectivity index (χ1v) is 7.30. The molecule has 0 bridgehead atoms. The fourth-order valence-corrected chi connectivity index (χ4v) is 3.54. The molecule has 1 spiro atoms. The molecule has 23 heavy (non-hydrogen) atoms. The van der Waals surface area contributed by atoms with E-state index in [-0.39, 0.29) is 18.4 Å². The van der Waals surface area contributed by atoms with E-state index < -0.39 is 34.9 Å². The third-order valence-electron chi connectivity index (χ3n) is 4.42. The van der Waals surface area contributed by atoms with Crippen LogP contribution < -0.4 is 5.32 Å². The van der Waals surface area contributed by atoms with Gasteiger partial charge in [0.15, 0.2) is 17.4 Å². The minimum absolute atomic E-state index is 0.00566. The van der Waals surface area contributed by atoms with Crippen molar-refractivity contribution in [2.24, 2.45) is 0 Å². The van der Waals surface area contributed by atoms with Crippen molar-refractivity contribution in [2.75, 3.05) is 13.2 Å². The highest BCUT2D eigenvalue weighted by Crippen LogP contribution is 2.46. The smallest absolute Gasteiger partial charge is 0.405 e. The van der Waals surface area contributed by atoms with Crippen molar-refractivity contribution in [3.63, 3.8) is 0 Å². The molecule has 1 atom stereocenters. The molecule has 2 fully saturated rings. The molecule has 0 radical (unpaired) electrons. The zero-order chi connectivity index (χ0) is 16.7. The van der Waals surface area contributed by atoms with Crippen LogP contribution in [0.4, 0.5) is 18.0 Å². The second kappa shape index (κ2) is 5.68. The summed E-state index contributed by atoms with van der Waals surface area (Å²) in [6.45, 7) is 0.701. The molecule has 8 heteroatoms. The Morgan fingerprint density at radius 2 is 1.74 bits per heavy atom. The fourth-order valence-electron chi connectivity index (χ4n) is 3.54. The van der Waals surface area contributed by atoms with Gasteiger partial charge in [-0.2, -0.15) is 0 Å². The zero-order valence-corrected chi connectivity index (χ0v) is 12.2. The van der Waals surface area contributed by atoms with Crippen LogP contribution in [-0.4, -0.2) is 30.2 Å². The lowest BCUT2D eigenvalue weighted by molar-refractivity contribution is -0.193. The second-order valence-electron chi connectivity index (χ2n) is 5.90. The Bertz CT molecular complexity index is 633. The van der Waals surface area contributed by atoms with Crippen molar-refractivity contribution in [2.45, 2.75) is 37.0 Å². The number of benzene rings is 1. The Hall–Kier alpha value is -1.80. The van der Waals surface area contributed by atoms with E-state index >= 15 is 0 Å². The van der Waals surface area contributed by atoms with Crippen LogP contribution in [0.2, 0.25) is 0 Å². The lowest BCUT2D eigenvalue weighted by Gasteiger charge is -2.45. The molecule has 0 unspecified atom stereocenters. The van der Waals surface area contributed by atoms with E-state index in [1.165, 1.54) is 0 Å². The molecule has 0 aromatic heterocycles. The highest BCUT2D eigenvalue weighted by molar-refractivity contribution is 5.66. The SMILES string of the molecule is O=C(O)N[C@@]1(c2cc(F)c(F)cc2F)CCCC2(C1)OCCO2. The van der Waals surface area contributed by atoms with Gasteiger partial charge in [0.25, 0.3) is 0 Å². The lowest BCUT2D eigenvalue weighted by atomic mass is 9.73. The summed E-state index contributed by atoms with van der Waals surface area (Å²) in [6.07, 6.45) is -0.145. The van der Waals surface area contributed by atoms with Gasteiger partial charge in [0.1, 0.15) is 5.82 Å². The molecule has 5 nitrogen and oxygen atoms in total. The number of halogens is 3. The Morgan fingerprint density at radius 1 is 1.09 bits per heavy atom. The first kappa shape index (κ1) is 16.1. The van der Waals surface area contributed by atoms with E-state index in [1.54, 1.807) is 0 Å². The maximum absolute atomic E-state index is 14.3. The minimum atomic E-state index is -1.44. The number of rotatable bonds is 2. The monoisotopic (exact) mass is 331 g/mol. The summed E-state index contributed by atoms with van der Waals surface area (Å²) in [7, 11) is 0. The van der Waals surface area contributed by atoms with Gasteiger partial charge in [0, 0.05) is 24.5 Å². The molecule has 1 aliphatic carbocycles. The number of nitrogens with one attached hydrogen (secondary N) is 1.